The third-order valence-electron chi connectivity index (χ3n) is 4.69. The number of hydroxylamine groups is 1. The molecule has 0 aromatic heterocycles. The van der Waals surface area contributed by atoms with Crippen LogP contribution in [-0.4, -0.2) is 47.6 Å². The minimum Gasteiger partial charge on any atom is -0.489 e. The number of aliphatic hydroxyl groups is 1. The molecule has 1 fully saturated rings. The lowest BCUT2D eigenvalue weighted by atomic mass is 10.0. The third kappa shape index (κ3) is 4.91. The minimum atomic E-state index is -4.03. The molecule has 0 saturated carbocycles. The highest BCUT2D eigenvalue weighted by atomic mass is 32.2. The fourth-order valence-corrected chi connectivity index (χ4v) is 4.73. The maximum absolute atomic E-state index is 13.0. The molecule has 2 aromatic carbocycles. The van der Waals surface area contributed by atoms with Gasteiger partial charge in [-0.3, -0.25) is 10.0 Å². The molecule has 2 unspecified atom stereocenters. The summed E-state index contributed by atoms with van der Waals surface area (Å²) in [5, 5.41) is 18.7. The smallest absolute Gasteiger partial charge is 0.261 e. The van der Waals surface area contributed by atoms with Gasteiger partial charge in [0.05, 0.1) is 11.0 Å². The average Bonchev–Trinajstić information content (AvgIpc) is 2.72. The van der Waals surface area contributed by atoms with E-state index in [0.717, 1.165) is 9.87 Å². The molecule has 0 aliphatic carbocycles. The Labute approximate surface area is 167 Å². The van der Waals surface area contributed by atoms with Gasteiger partial charge >= 0.3 is 0 Å². The molecule has 1 aliphatic heterocycles. The number of ether oxygens (including phenoxy) is 1. The topological polar surface area (TPSA) is 116 Å². The number of hydrogen-bond acceptors (Lipinski definition) is 6. The lowest BCUT2D eigenvalue weighted by molar-refractivity contribution is -0.135. The maximum atomic E-state index is 13.0. The van der Waals surface area contributed by atoms with Crippen molar-refractivity contribution in [2.75, 3.05) is 6.54 Å². The molecular formula is C19H21FN2O6S. The quantitative estimate of drug-likeness (QED) is 0.477. The van der Waals surface area contributed by atoms with Gasteiger partial charge < -0.3 is 9.84 Å². The molecule has 1 amide bonds. The third-order valence-corrected chi connectivity index (χ3v) is 6.61. The lowest BCUT2D eigenvalue weighted by Gasteiger charge is -2.35. The number of carbonyl (C=O) groups excluding carboxylic acids is 1. The van der Waals surface area contributed by atoms with E-state index in [1.807, 2.05) is 0 Å². The van der Waals surface area contributed by atoms with Crippen LogP contribution < -0.4 is 10.2 Å². The van der Waals surface area contributed by atoms with Crippen molar-refractivity contribution in [3.63, 3.8) is 0 Å². The number of aliphatic hydroxyl groups excluding tert-OH is 1. The summed E-state index contributed by atoms with van der Waals surface area (Å²) in [4.78, 5) is 11.8. The number of nitrogens with zero attached hydrogens (tertiary/aromatic N) is 1. The van der Waals surface area contributed by atoms with Crippen molar-refractivity contribution < 1.29 is 32.7 Å². The maximum Gasteiger partial charge on any atom is 0.261 e. The number of hydrogen-bond donors (Lipinski definition) is 3. The first-order chi connectivity index (χ1) is 13.8. The monoisotopic (exact) mass is 424 g/mol. The van der Waals surface area contributed by atoms with Crippen LogP contribution in [0.1, 0.15) is 18.4 Å². The largest absolute Gasteiger partial charge is 0.489 e. The molecule has 0 bridgehead atoms. The molecule has 0 spiro atoms. The van der Waals surface area contributed by atoms with E-state index in [9.17, 15) is 22.7 Å². The molecule has 29 heavy (non-hydrogen) atoms. The van der Waals surface area contributed by atoms with Gasteiger partial charge in [-0.15, -0.1) is 0 Å². The molecule has 8 nitrogen and oxygen atoms in total. The van der Waals surface area contributed by atoms with Gasteiger partial charge in [-0.2, -0.15) is 4.31 Å². The van der Waals surface area contributed by atoms with Crippen LogP contribution in [0.3, 0.4) is 0 Å². The van der Waals surface area contributed by atoms with Crippen LogP contribution in [0.4, 0.5) is 4.39 Å². The normalized spacial score (nSPS) is 20.2. The van der Waals surface area contributed by atoms with Crippen LogP contribution in [0, 0.1) is 5.82 Å². The van der Waals surface area contributed by atoms with Crippen LogP contribution in [0.2, 0.25) is 0 Å². The Bertz CT molecular complexity index is 950. The Hall–Kier alpha value is -2.53. The predicted molar refractivity (Wildman–Crippen MR) is 100 cm³/mol. The van der Waals surface area contributed by atoms with Gasteiger partial charge in [0, 0.05) is 6.54 Å². The molecule has 2 atom stereocenters. The van der Waals surface area contributed by atoms with E-state index in [4.69, 9.17) is 9.94 Å². The summed E-state index contributed by atoms with van der Waals surface area (Å²) in [5.41, 5.74) is 2.21. The number of amides is 1. The first-order valence-electron chi connectivity index (χ1n) is 8.92. The first-order valence-corrected chi connectivity index (χ1v) is 10.4. The zero-order chi connectivity index (χ0) is 21.0. The molecule has 1 saturated heterocycles. The van der Waals surface area contributed by atoms with Crippen molar-refractivity contribution >= 4 is 15.9 Å². The van der Waals surface area contributed by atoms with Crippen molar-refractivity contribution in [3.8, 4) is 5.75 Å². The zero-order valence-electron chi connectivity index (χ0n) is 15.4. The Balaban J connectivity index is 1.73. The summed E-state index contributed by atoms with van der Waals surface area (Å²) in [6.07, 6.45) is -0.747. The second-order valence-electron chi connectivity index (χ2n) is 6.67. The molecular weight excluding hydrogens is 403 g/mol. The van der Waals surface area contributed by atoms with Gasteiger partial charge in [0.1, 0.15) is 24.2 Å². The van der Waals surface area contributed by atoms with Crippen molar-refractivity contribution in [1.29, 1.82) is 0 Å². The van der Waals surface area contributed by atoms with Crippen molar-refractivity contribution in [3.05, 3.63) is 59.9 Å². The highest BCUT2D eigenvalue weighted by Gasteiger charge is 2.40. The number of carbonyl (C=O) groups is 1. The highest BCUT2D eigenvalue weighted by molar-refractivity contribution is 7.89. The average molecular weight is 424 g/mol. The summed E-state index contributed by atoms with van der Waals surface area (Å²) < 4.78 is 45.4. The van der Waals surface area contributed by atoms with E-state index >= 15 is 0 Å². The van der Waals surface area contributed by atoms with Crippen molar-refractivity contribution in [1.82, 2.24) is 9.79 Å². The first kappa shape index (κ1) is 21.2. The van der Waals surface area contributed by atoms with E-state index in [0.29, 0.717) is 5.75 Å². The Morgan fingerprint density at radius 3 is 2.45 bits per heavy atom. The minimum absolute atomic E-state index is 0.0428. The SMILES string of the molecule is O=C(NO)C1CC(O)CCN1S(=O)(=O)c1ccc(OCc2ccc(F)cc2)cc1. The summed E-state index contributed by atoms with van der Waals surface area (Å²) in [5.74, 6) is -0.819. The molecule has 0 radical (unpaired) electrons. The van der Waals surface area contributed by atoms with Crippen LogP contribution in [0.5, 0.6) is 5.75 Å². The van der Waals surface area contributed by atoms with Gasteiger partial charge in [0.25, 0.3) is 5.91 Å². The van der Waals surface area contributed by atoms with Crippen LogP contribution in [0.25, 0.3) is 0 Å². The lowest BCUT2D eigenvalue weighted by Crippen LogP contribution is -2.54. The van der Waals surface area contributed by atoms with Gasteiger partial charge in [-0.05, 0) is 54.8 Å². The van der Waals surface area contributed by atoms with Crippen LogP contribution in [-0.2, 0) is 21.4 Å². The van der Waals surface area contributed by atoms with Gasteiger partial charge in [0.15, 0.2) is 0 Å². The van der Waals surface area contributed by atoms with E-state index in [2.05, 4.69) is 0 Å². The van der Waals surface area contributed by atoms with Gasteiger partial charge in [0.2, 0.25) is 10.0 Å². The number of rotatable bonds is 6. The molecule has 156 valence electrons. The molecule has 1 aliphatic rings. The van der Waals surface area contributed by atoms with Crippen molar-refractivity contribution in [2.24, 2.45) is 0 Å². The number of halogens is 1. The van der Waals surface area contributed by atoms with E-state index < -0.39 is 28.1 Å². The van der Waals surface area contributed by atoms with E-state index in [1.165, 1.54) is 41.9 Å². The molecule has 10 heteroatoms. The number of sulfonamides is 1. The fourth-order valence-electron chi connectivity index (χ4n) is 3.12. The van der Waals surface area contributed by atoms with Crippen molar-refractivity contribution in [2.45, 2.75) is 36.5 Å². The summed E-state index contributed by atoms with van der Waals surface area (Å²) in [7, 11) is -4.03. The fraction of sp³-hybridized carbons (Fsp3) is 0.316. The highest BCUT2D eigenvalue weighted by Crippen LogP contribution is 2.27. The summed E-state index contributed by atoms with van der Waals surface area (Å²) >= 11 is 0. The second-order valence-corrected chi connectivity index (χ2v) is 8.56. The van der Waals surface area contributed by atoms with Gasteiger partial charge in [-0.25, -0.2) is 18.3 Å². The standard InChI is InChI=1S/C19H21FN2O6S/c20-14-3-1-13(2-4-14)12-28-16-5-7-17(8-6-16)29(26,27)22-10-9-15(23)11-18(22)19(24)21-25/h1-8,15,18,23,25H,9-12H2,(H,21,24). The molecule has 3 N–H and O–H groups in total. The number of nitrogens with one attached hydrogen (secondary N) is 1. The number of piperidine rings is 1. The Kier molecular flexibility index (Phi) is 6.48. The Morgan fingerprint density at radius 2 is 1.83 bits per heavy atom. The summed E-state index contributed by atoms with van der Waals surface area (Å²) in [6.45, 7) is 0.138. The molecule has 1 heterocycles. The van der Waals surface area contributed by atoms with Gasteiger partial charge in [-0.1, -0.05) is 12.1 Å². The number of benzene rings is 2. The van der Waals surface area contributed by atoms with E-state index in [1.54, 1.807) is 12.1 Å². The van der Waals surface area contributed by atoms with Crippen LogP contribution >= 0.6 is 0 Å². The Morgan fingerprint density at radius 1 is 1.17 bits per heavy atom. The van der Waals surface area contributed by atoms with Crippen LogP contribution in [0.15, 0.2) is 53.4 Å². The molecule has 3 rings (SSSR count). The zero-order valence-corrected chi connectivity index (χ0v) is 16.2. The molecule has 2 aromatic rings. The predicted octanol–water partition coefficient (Wildman–Crippen LogP) is 1.42. The summed E-state index contributed by atoms with van der Waals surface area (Å²) in [6, 6.07) is 10.3. The second kappa shape index (κ2) is 8.87. The van der Waals surface area contributed by atoms with E-state index in [-0.39, 0.29) is 36.7 Å².